The first-order chi connectivity index (χ1) is 11.8. The summed E-state index contributed by atoms with van der Waals surface area (Å²) in [7, 11) is 0. The van der Waals surface area contributed by atoms with Crippen LogP contribution in [0.1, 0.15) is 18.4 Å². The largest absolute Gasteiger partial charge is 0.444 e. The van der Waals surface area contributed by atoms with Crippen LogP contribution in [-0.4, -0.2) is 40.4 Å². The number of carbonyl (C=O) groups is 1. The maximum atomic E-state index is 11.9. The van der Waals surface area contributed by atoms with Gasteiger partial charge in [0.05, 0.1) is 12.6 Å². The van der Waals surface area contributed by atoms with Crippen molar-refractivity contribution >= 4 is 17.9 Å². The van der Waals surface area contributed by atoms with E-state index in [-0.39, 0.29) is 25.2 Å². The molecular weight excluding hydrogens is 308 g/mol. The van der Waals surface area contributed by atoms with Crippen LogP contribution in [0.15, 0.2) is 42.6 Å². The highest BCUT2D eigenvalue weighted by atomic mass is 16.5. The molecule has 0 saturated carbocycles. The fraction of sp³-hybridized carbons (Fsp3) is 0.353. The molecule has 1 aliphatic rings. The van der Waals surface area contributed by atoms with Gasteiger partial charge in [0.1, 0.15) is 12.4 Å². The molecule has 1 atom stereocenters. The monoisotopic (exact) mass is 328 g/mol. The summed E-state index contributed by atoms with van der Waals surface area (Å²) < 4.78 is 5.16. The Morgan fingerprint density at radius 1 is 1.33 bits per heavy atom. The first kappa shape index (κ1) is 16.2. The third-order valence-electron chi connectivity index (χ3n) is 3.95. The molecule has 0 radical (unpaired) electrons. The highest BCUT2D eigenvalue weighted by molar-refractivity contribution is 5.82. The number of nitrogens with zero attached hydrogens (tertiary/aromatic N) is 3. The fourth-order valence-electron chi connectivity index (χ4n) is 2.75. The minimum atomic E-state index is -0.601. The van der Waals surface area contributed by atoms with E-state index in [0.717, 1.165) is 24.9 Å². The molecule has 7 nitrogen and oxygen atoms in total. The number of anilines is 2. The Morgan fingerprint density at radius 2 is 2.17 bits per heavy atom. The van der Waals surface area contributed by atoms with Gasteiger partial charge in [0.2, 0.25) is 5.95 Å². The predicted molar refractivity (Wildman–Crippen MR) is 89.7 cm³/mol. The molecule has 7 heteroatoms. The number of aromatic nitrogens is 2. The second kappa shape index (κ2) is 7.74. The molecule has 1 aromatic carbocycles. The summed E-state index contributed by atoms with van der Waals surface area (Å²) in [6.45, 7) is 1.11. The van der Waals surface area contributed by atoms with Crippen molar-refractivity contribution in [3.05, 3.63) is 48.2 Å². The molecule has 1 unspecified atom stereocenters. The van der Waals surface area contributed by atoms with E-state index in [0.29, 0.717) is 5.82 Å². The van der Waals surface area contributed by atoms with Crippen LogP contribution >= 0.6 is 0 Å². The van der Waals surface area contributed by atoms with Gasteiger partial charge in [-0.2, -0.15) is 4.98 Å². The maximum absolute atomic E-state index is 11.9. The Kier molecular flexibility index (Phi) is 5.22. The molecule has 2 N–H and O–H groups in total. The molecule has 1 amide bonds. The molecule has 24 heavy (non-hydrogen) atoms. The van der Waals surface area contributed by atoms with Crippen LogP contribution in [0.25, 0.3) is 0 Å². The van der Waals surface area contributed by atoms with E-state index < -0.39 is 6.09 Å². The Balaban J connectivity index is 1.59. The average Bonchev–Trinajstić information content (AvgIpc) is 3.10. The van der Waals surface area contributed by atoms with Gasteiger partial charge in [0.25, 0.3) is 0 Å². The molecule has 1 aliphatic heterocycles. The Hall–Kier alpha value is -2.67. The molecule has 2 heterocycles. The zero-order valence-corrected chi connectivity index (χ0v) is 13.3. The summed E-state index contributed by atoms with van der Waals surface area (Å²) in [5.74, 6) is 0.883. The minimum Gasteiger partial charge on any atom is -0.444 e. The quantitative estimate of drug-likeness (QED) is 0.875. The highest BCUT2D eigenvalue weighted by Gasteiger charge is 2.25. The maximum Gasteiger partial charge on any atom is 0.414 e. The van der Waals surface area contributed by atoms with Crippen molar-refractivity contribution in [1.29, 1.82) is 0 Å². The Labute approximate surface area is 140 Å². The van der Waals surface area contributed by atoms with E-state index in [1.165, 1.54) is 0 Å². The second-order valence-corrected chi connectivity index (χ2v) is 5.60. The molecule has 1 saturated heterocycles. The second-order valence-electron chi connectivity index (χ2n) is 5.60. The lowest BCUT2D eigenvalue weighted by Gasteiger charge is -2.24. The van der Waals surface area contributed by atoms with Gasteiger partial charge in [-0.1, -0.05) is 30.3 Å². The summed E-state index contributed by atoms with van der Waals surface area (Å²) in [4.78, 5) is 22.3. The predicted octanol–water partition coefficient (Wildman–Crippen LogP) is 2.19. The molecule has 3 rings (SSSR count). The van der Waals surface area contributed by atoms with Gasteiger partial charge in [0.15, 0.2) is 0 Å². The fourth-order valence-corrected chi connectivity index (χ4v) is 2.75. The van der Waals surface area contributed by atoms with Crippen molar-refractivity contribution in [2.45, 2.75) is 25.5 Å². The first-order valence-corrected chi connectivity index (χ1v) is 7.94. The van der Waals surface area contributed by atoms with Crippen LogP contribution in [0.5, 0.6) is 0 Å². The molecule has 0 aliphatic carbocycles. The van der Waals surface area contributed by atoms with E-state index in [4.69, 9.17) is 4.74 Å². The van der Waals surface area contributed by atoms with Crippen LogP contribution in [0.2, 0.25) is 0 Å². The van der Waals surface area contributed by atoms with E-state index in [9.17, 15) is 9.90 Å². The number of nitrogens with one attached hydrogen (secondary N) is 1. The normalized spacial score (nSPS) is 16.9. The van der Waals surface area contributed by atoms with Crippen LogP contribution < -0.4 is 10.2 Å². The van der Waals surface area contributed by atoms with Crippen LogP contribution in [-0.2, 0) is 11.3 Å². The van der Waals surface area contributed by atoms with E-state index in [1.807, 2.05) is 35.2 Å². The number of hydrogen-bond acceptors (Lipinski definition) is 6. The summed E-state index contributed by atoms with van der Waals surface area (Å²) in [6, 6.07) is 11.3. The third kappa shape index (κ3) is 3.99. The Bertz CT molecular complexity index is 681. The lowest BCUT2D eigenvalue weighted by Crippen LogP contribution is -2.33. The van der Waals surface area contributed by atoms with Gasteiger partial charge >= 0.3 is 6.09 Å². The van der Waals surface area contributed by atoms with Crippen molar-refractivity contribution in [2.75, 3.05) is 23.4 Å². The number of carbonyl (C=O) groups excluding carboxylic acids is 1. The van der Waals surface area contributed by atoms with Crippen molar-refractivity contribution in [2.24, 2.45) is 0 Å². The van der Waals surface area contributed by atoms with Gasteiger partial charge in [0, 0.05) is 12.7 Å². The van der Waals surface area contributed by atoms with Gasteiger partial charge < -0.3 is 14.7 Å². The third-order valence-corrected chi connectivity index (χ3v) is 3.95. The van der Waals surface area contributed by atoms with Crippen LogP contribution in [0.4, 0.5) is 16.6 Å². The van der Waals surface area contributed by atoms with Crippen LogP contribution in [0.3, 0.4) is 0 Å². The summed E-state index contributed by atoms with van der Waals surface area (Å²) >= 11 is 0. The lowest BCUT2D eigenvalue weighted by atomic mass is 10.2. The molecule has 2 aromatic rings. The minimum absolute atomic E-state index is 0.0674. The summed E-state index contributed by atoms with van der Waals surface area (Å²) in [6.07, 6.45) is 2.93. The smallest absolute Gasteiger partial charge is 0.414 e. The Morgan fingerprint density at radius 3 is 2.96 bits per heavy atom. The number of ether oxygens (including phenoxy) is 1. The number of aliphatic hydroxyl groups is 1. The number of rotatable bonds is 5. The SMILES string of the molecule is O=C(Nc1nccc(N2CCCC2CO)n1)OCc1ccccc1. The first-order valence-electron chi connectivity index (χ1n) is 7.94. The molecular formula is C17H20N4O3. The van der Waals surface area contributed by atoms with Crippen LogP contribution in [0, 0.1) is 0 Å². The lowest BCUT2D eigenvalue weighted by molar-refractivity contribution is 0.155. The van der Waals surface area contributed by atoms with E-state index in [2.05, 4.69) is 15.3 Å². The average molecular weight is 328 g/mol. The number of hydrogen-bond donors (Lipinski definition) is 2. The number of aliphatic hydroxyl groups excluding tert-OH is 1. The molecule has 0 bridgehead atoms. The molecule has 0 spiro atoms. The van der Waals surface area contributed by atoms with E-state index in [1.54, 1.807) is 12.3 Å². The zero-order valence-electron chi connectivity index (χ0n) is 13.3. The molecule has 126 valence electrons. The van der Waals surface area contributed by atoms with Gasteiger partial charge in [-0.3, -0.25) is 5.32 Å². The highest BCUT2D eigenvalue weighted by Crippen LogP contribution is 2.23. The van der Waals surface area contributed by atoms with Gasteiger partial charge in [-0.05, 0) is 24.5 Å². The molecule has 1 fully saturated rings. The standard InChI is InChI=1S/C17H20N4O3/c22-11-14-7-4-10-21(14)15-8-9-18-16(19-15)20-17(23)24-12-13-5-2-1-3-6-13/h1-3,5-6,8-9,14,22H,4,7,10-12H2,(H,18,19,20,23). The van der Waals surface area contributed by atoms with Crippen molar-refractivity contribution in [3.8, 4) is 0 Å². The van der Waals surface area contributed by atoms with E-state index >= 15 is 0 Å². The van der Waals surface area contributed by atoms with Crippen molar-refractivity contribution < 1.29 is 14.6 Å². The van der Waals surface area contributed by atoms with Gasteiger partial charge in [-0.25, -0.2) is 9.78 Å². The number of amides is 1. The summed E-state index contributed by atoms with van der Waals surface area (Å²) in [5, 5.41) is 12.0. The van der Waals surface area contributed by atoms with Crippen molar-refractivity contribution in [3.63, 3.8) is 0 Å². The molecule has 1 aromatic heterocycles. The summed E-state index contributed by atoms with van der Waals surface area (Å²) in [5.41, 5.74) is 0.908. The van der Waals surface area contributed by atoms with Gasteiger partial charge in [-0.15, -0.1) is 0 Å². The zero-order chi connectivity index (χ0) is 16.8. The topological polar surface area (TPSA) is 87.6 Å². The number of benzene rings is 1. The van der Waals surface area contributed by atoms with Crippen molar-refractivity contribution in [1.82, 2.24) is 9.97 Å².